The molecule has 4 rings (SSSR count). The maximum absolute atomic E-state index is 12.6. The van der Waals surface area contributed by atoms with Gasteiger partial charge < -0.3 is 9.64 Å². The lowest BCUT2D eigenvalue weighted by molar-refractivity contribution is -0.00576. The van der Waals surface area contributed by atoms with E-state index in [0.717, 1.165) is 54.9 Å². The van der Waals surface area contributed by atoms with Gasteiger partial charge in [0.25, 0.3) is 5.56 Å². The molecule has 2 aromatic rings. The van der Waals surface area contributed by atoms with Crippen LogP contribution >= 0.6 is 27.3 Å². The van der Waals surface area contributed by atoms with Crippen molar-refractivity contribution >= 4 is 33.2 Å². The highest BCUT2D eigenvalue weighted by atomic mass is 79.9. The van der Waals surface area contributed by atoms with Gasteiger partial charge in [-0.25, -0.2) is 4.98 Å². The number of anilines is 1. The number of nitrogens with zero attached hydrogens (tertiary/aromatic N) is 3. The second kappa shape index (κ2) is 7.42. The maximum atomic E-state index is 12.6. The smallest absolute Gasteiger partial charge is 0.255 e. The number of ether oxygens (including phenoxy) is 1. The quantitative estimate of drug-likeness (QED) is 0.797. The number of hydrogen-bond acceptors (Lipinski definition) is 6. The van der Waals surface area contributed by atoms with Gasteiger partial charge in [-0.15, -0.1) is 11.3 Å². The zero-order valence-corrected chi connectivity index (χ0v) is 17.4. The van der Waals surface area contributed by atoms with Gasteiger partial charge in [-0.05, 0) is 42.3 Å². The molecule has 0 aromatic carbocycles. The predicted octanol–water partition coefficient (Wildman–Crippen LogP) is 2.77. The Morgan fingerprint density at radius 3 is 2.85 bits per heavy atom. The highest BCUT2D eigenvalue weighted by molar-refractivity contribution is 9.10. The van der Waals surface area contributed by atoms with Crippen LogP contribution in [0.5, 0.6) is 0 Å². The lowest BCUT2D eigenvalue weighted by Crippen LogP contribution is -2.47. The summed E-state index contributed by atoms with van der Waals surface area (Å²) in [7, 11) is 0. The van der Waals surface area contributed by atoms with Crippen molar-refractivity contribution in [1.29, 1.82) is 0 Å². The second-order valence-electron chi connectivity index (χ2n) is 7.17. The summed E-state index contributed by atoms with van der Waals surface area (Å²) in [5, 5.41) is 2.11. The van der Waals surface area contributed by atoms with Gasteiger partial charge >= 0.3 is 0 Å². The fourth-order valence-electron chi connectivity index (χ4n) is 3.77. The summed E-state index contributed by atoms with van der Waals surface area (Å²) >= 11 is 5.27. The number of hydrogen-bond donors (Lipinski definition) is 1. The van der Waals surface area contributed by atoms with Gasteiger partial charge in [-0.3, -0.25) is 14.7 Å². The van der Waals surface area contributed by atoms with Gasteiger partial charge in [-0.2, -0.15) is 0 Å². The molecule has 0 amide bonds. The van der Waals surface area contributed by atoms with Crippen molar-refractivity contribution in [3.8, 4) is 0 Å². The Bertz CT molecular complexity index is 842. The molecule has 0 radical (unpaired) electrons. The maximum Gasteiger partial charge on any atom is 0.255 e. The van der Waals surface area contributed by atoms with Crippen LogP contribution in [0.15, 0.2) is 20.7 Å². The van der Waals surface area contributed by atoms with E-state index in [4.69, 9.17) is 9.72 Å². The fraction of sp³-hybridized carbons (Fsp3) is 0.556. The minimum Gasteiger partial charge on any atom is -0.372 e. The molecule has 0 aliphatic carbocycles. The third-order valence-corrected chi connectivity index (χ3v) is 6.54. The standard InChI is InChI=1S/C18H23BrN4O2S/c1-11-6-23(7-12(2)25-11)18-20-16-9-22(4-3-15(16)17(24)21-18)8-14-5-13(19)10-26-14/h5,10-12H,3-4,6-9H2,1-2H3,(H,20,21,24). The van der Waals surface area contributed by atoms with Crippen LogP contribution in [0.25, 0.3) is 0 Å². The number of aromatic amines is 1. The molecule has 26 heavy (non-hydrogen) atoms. The number of morpholine rings is 1. The average Bonchev–Trinajstić information content (AvgIpc) is 2.98. The van der Waals surface area contributed by atoms with E-state index >= 15 is 0 Å². The monoisotopic (exact) mass is 438 g/mol. The molecule has 1 N–H and O–H groups in total. The summed E-state index contributed by atoms with van der Waals surface area (Å²) in [6, 6.07) is 2.16. The summed E-state index contributed by atoms with van der Waals surface area (Å²) in [4.78, 5) is 26.2. The zero-order valence-electron chi connectivity index (χ0n) is 15.0. The van der Waals surface area contributed by atoms with Gasteiger partial charge in [0.1, 0.15) is 0 Å². The van der Waals surface area contributed by atoms with E-state index in [1.165, 1.54) is 4.88 Å². The molecule has 0 saturated carbocycles. The number of H-pyrrole nitrogens is 1. The van der Waals surface area contributed by atoms with E-state index in [2.05, 4.69) is 56.0 Å². The lowest BCUT2D eigenvalue weighted by atomic mass is 10.1. The van der Waals surface area contributed by atoms with E-state index in [1.54, 1.807) is 11.3 Å². The molecule has 1 fully saturated rings. The molecule has 0 spiro atoms. The van der Waals surface area contributed by atoms with Crippen molar-refractivity contribution in [3.63, 3.8) is 0 Å². The van der Waals surface area contributed by atoms with Crippen LogP contribution in [0.2, 0.25) is 0 Å². The molecule has 6 nitrogen and oxygen atoms in total. The van der Waals surface area contributed by atoms with E-state index in [0.29, 0.717) is 5.95 Å². The number of thiophene rings is 1. The van der Waals surface area contributed by atoms with Crippen molar-refractivity contribution in [2.75, 3.05) is 24.5 Å². The predicted molar refractivity (Wildman–Crippen MR) is 107 cm³/mol. The largest absolute Gasteiger partial charge is 0.372 e. The summed E-state index contributed by atoms with van der Waals surface area (Å²) in [5.74, 6) is 0.677. The van der Waals surface area contributed by atoms with Crippen LogP contribution in [0.4, 0.5) is 5.95 Å². The van der Waals surface area contributed by atoms with Gasteiger partial charge in [0, 0.05) is 53.0 Å². The Labute approximate surface area is 165 Å². The van der Waals surface area contributed by atoms with Crippen molar-refractivity contribution in [2.24, 2.45) is 0 Å². The lowest BCUT2D eigenvalue weighted by Gasteiger charge is -2.36. The number of aromatic nitrogens is 2. The molecule has 2 unspecified atom stereocenters. The van der Waals surface area contributed by atoms with E-state index in [-0.39, 0.29) is 17.8 Å². The minimum absolute atomic E-state index is 0.00955. The molecule has 2 aromatic heterocycles. The summed E-state index contributed by atoms with van der Waals surface area (Å²) < 4.78 is 6.92. The highest BCUT2D eigenvalue weighted by Crippen LogP contribution is 2.24. The van der Waals surface area contributed by atoms with Crippen LogP contribution in [0, 0.1) is 0 Å². The molecule has 2 atom stereocenters. The third kappa shape index (κ3) is 3.88. The molecule has 2 aliphatic rings. The Kier molecular flexibility index (Phi) is 5.18. The molecular weight excluding hydrogens is 416 g/mol. The van der Waals surface area contributed by atoms with Crippen molar-refractivity contribution in [3.05, 3.63) is 42.4 Å². The minimum atomic E-state index is 0.00955. The first-order valence-electron chi connectivity index (χ1n) is 8.95. The molecular formula is C18H23BrN4O2S. The molecule has 140 valence electrons. The molecule has 2 aliphatic heterocycles. The number of rotatable bonds is 3. The number of fused-ring (bicyclic) bond motifs is 1. The first-order chi connectivity index (χ1) is 12.5. The Morgan fingerprint density at radius 2 is 2.15 bits per heavy atom. The van der Waals surface area contributed by atoms with Gasteiger partial charge in [-0.1, -0.05) is 0 Å². The van der Waals surface area contributed by atoms with E-state index in [1.807, 2.05) is 0 Å². The molecule has 0 bridgehead atoms. The van der Waals surface area contributed by atoms with Crippen LogP contribution in [-0.2, 0) is 24.2 Å². The van der Waals surface area contributed by atoms with Crippen molar-refractivity contribution < 1.29 is 4.74 Å². The summed E-state index contributed by atoms with van der Waals surface area (Å²) in [6.45, 7) is 8.11. The third-order valence-electron chi connectivity index (χ3n) is 4.86. The Morgan fingerprint density at radius 1 is 1.38 bits per heavy atom. The van der Waals surface area contributed by atoms with Gasteiger partial charge in [0.05, 0.1) is 17.9 Å². The highest BCUT2D eigenvalue weighted by Gasteiger charge is 2.27. The number of nitrogens with one attached hydrogen (secondary N) is 1. The first-order valence-corrected chi connectivity index (χ1v) is 10.6. The van der Waals surface area contributed by atoms with Crippen LogP contribution in [0.1, 0.15) is 30.0 Å². The van der Waals surface area contributed by atoms with Crippen LogP contribution in [0.3, 0.4) is 0 Å². The van der Waals surface area contributed by atoms with E-state index in [9.17, 15) is 4.79 Å². The van der Waals surface area contributed by atoms with Crippen LogP contribution in [-0.4, -0.2) is 46.7 Å². The Balaban J connectivity index is 1.55. The molecule has 8 heteroatoms. The summed E-state index contributed by atoms with van der Waals surface area (Å²) in [5.41, 5.74) is 1.76. The summed E-state index contributed by atoms with van der Waals surface area (Å²) in [6.07, 6.45) is 1.02. The molecule has 4 heterocycles. The van der Waals surface area contributed by atoms with E-state index < -0.39 is 0 Å². The van der Waals surface area contributed by atoms with Gasteiger partial charge in [0.15, 0.2) is 0 Å². The fourth-order valence-corrected chi connectivity index (χ4v) is 5.27. The number of halogens is 1. The normalized spacial score (nSPS) is 23.9. The van der Waals surface area contributed by atoms with Crippen molar-refractivity contribution in [1.82, 2.24) is 14.9 Å². The zero-order chi connectivity index (χ0) is 18.3. The second-order valence-corrected chi connectivity index (χ2v) is 9.08. The average molecular weight is 439 g/mol. The topological polar surface area (TPSA) is 61.5 Å². The van der Waals surface area contributed by atoms with Gasteiger partial charge in [0.2, 0.25) is 5.95 Å². The molecule has 1 saturated heterocycles. The Hall–Kier alpha value is -1.22. The SMILES string of the molecule is CC1CN(c2nc3c(c(=O)[nH]2)CCN(Cc2cc(Br)cs2)C3)CC(C)O1. The van der Waals surface area contributed by atoms with Crippen LogP contribution < -0.4 is 10.5 Å². The first kappa shape index (κ1) is 18.2. The van der Waals surface area contributed by atoms with Crippen molar-refractivity contribution in [2.45, 2.75) is 45.6 Å².